The predicted octanol–water partition coefficient (Wildman–Crippen LogP) is 2.10. The average molecular weight is 374 g/mol. The lowest BCUT2D eigenvalue weighted by atomic mass is 10.2. The predicted molar refractivity (Wildman–Crippen MR) is 97.1 cm³/mol. The zero-order valence-electron chi connectivity index (χ0n) is 15.6. The lowest BCUT2D eigenvalue weighted by Crippen LogP contribution is -2.35. The van der Waals surface area contributed by atoms with Crippen LogP contribution in [0, 0.1) is 0 Å². The molecular formula is C19H22N2O6. The van der Waals surface area contributed by atoms with Gasteiger partial charge in [-0.1, -0.05) is 6.07 Å². The van der Waals surface area contributed by atoms with Crippen LogP contribution in [0.5, 0.6) is 11.5 Å². The smallest absolute Gasteiger partial charge is 0.355 e. The highest BCUT2D eigenvalue weighted by atomic mass is 16.5. The molecule has 27 heavy (non-hydrogen) atoms. The van der Waals surface area contributed by atoms with Crippen molar-refractivity contribution in [2.45, 2.75) is 26.5 Å². The van der Waals surface area contributed by atoms with Gasteiger partial charge in [-0.05, 0) is 37.6 Å². The second-order valence-corrected chi connectivity index (χ2v) is 5.81. The molecule has 2 aromatic rings. The lowest BCUT2D eigenvalue weighted by Gasteiger charge is -2.14. The van der Waals surface area contributed by atoms with Gasteiger partial charge in [0.15, 0.2) is 23.4 Å². The van der Waals surface area contributed by atoms with Gasteiger partial charge >= 0.3 is 5.97 Å². The fourth-order valence-corrected chi connectivity index (χ4v) is 2.32. The summed E-state index contributed by atoms with van der Waals surface area (Å²) in [5, 5.41) is 2.69. The summed E-state index contributed by atoms with van der Waals surface area (Å²) in [5.74, 6) is -0.193. The van der Waals surface area contributed by atoms with Gasteiger partial charge in [0.1, 0.15) is 5.69 Å². The van der Waals surface area contributed by atoms with E-state index in [0.29, 0.717) is 17.1 Å². The molecule has 0 bridgehead atoms. The van der Waals surface area contributed by atoms with Crippen molar-refractivity contribution in [1.82, 2.24) is 10.3 Å². The van der Waals surface area contributed by atoms with Crippen LogP contribution in [0.25, 0.3) is 0 Å². The third kappa shape index (κ3) is 5.10. The number of carbonyl (C=O) groups is 3. The van der Waals surface area contributed by atoms with Crippen LogP contribution < -0.4 is 14.8 Å². The molecule has 0 unspecified atom stereocenters. The number of hydrogen-bond donors (Lipinski definition) is 2. The van der Waals surface area contributed by atoms with Crippen LogP contribution in [0.2, 0.25) is 0 Å². The van der Waals surface area contributed by atoms with Gasteiger partial charge in [-0.3, -0.25) is 9.59 Å². The molecule has 0 aliphatic heterocycles. The maximum atomic E-state index is 12.2. The van der Waals surface area contributed by atoms with E-state index in [9.17, 15) is 14.4 Å². The molecule has 8 nitrogen and oxygen atoms in total. The number of hydrogen-bond acceptors (Lipinski definition) is 6. The molecule has 0 aliphatic rings. The Morgan fingerprint density at radius 2 is 1.81 bits per heavy atom. The van der Waals surface area contributed by atoms with E-state index >= 15 is 0 Å². The Bertz CT molecular complexity index is 842. The minimum absolute atomic E-state index is 0.111. The summed E-state index contributed by atoms with van der Waals surface area (Å²) in [6.45, 7) is 3.09. The van der Waals surface area contributed by atoms with E-state index in [1.165, 1.54) is 33.2 Å². The van der Waals surface area contributed by atoms with Crippen LogP contribution >= 0.6 is 0 Å². The number of aromatic nitrogens is 1. The lowest BCUT2D eigenvalue weighted by molar-refractivity contribution is -0.129. The summed E-state index contributed by atoms with van der Waals surface area (Å²) >= 11 is 0. The van der Waals surface area contributed by atoms with Crippen molar-refractivity contribution in [2.75, 3.05) is 14.2 Å². The van der Waals surface area contributed by atoms with Crippen molar-refractivity contribution in [3.8, 4) is 11.5 Å². The number of H-pyrrole nitrogens is 1. The number of ketones is 1. The Morgan fingerprint density at radius 1 is 1.11 bits per heavy atom. The fourth-order valence-electron chi connectivity index (χ4n) is 2.32. The van der Waals surface area contributed by atoms with Gasteiger partial charge in [0.25, 0.3) is 5.91 Å². The normalized spacial score (nSPS) is 11.4. The molecule has 0 spiro atoms. The topological polar surface area (TPSA) is 107 Å². The van der Waals surface area contributed by atoms with Crippen molar-refractivity contribution in [1.29, 1.82) is 0 Å². The first-order valence-electron chi connectivity index (χ1n) is 8.24. The van der Waals surface area contributed by atoms with Crippen LogP contribution in [0.3, 0.4) is 0 Å². The maximum absolute atomic E-state index is 12.2. The molecule has 0 fully saturated rings. The van der Waals surface area contributed by atoms with Crippen molar-refractivity contribution in [3.63, 3.8) is 0 Å². The van der Waals surface area contributed by atoms with Gasteiger partial charge in [-0.2, -0.15) is 0 Å². The molecule has 2 rings (SSSR count). The molecule has 0 aliphatic carbocycles. The number of rotatable bonds is 8. The van der Waals surface area contributed by atoms with Crippen molar-refractivity contribution in [3.05, 3.63) is 47.3 Å². The summed E-state index contributed by atoms with van der Waals surface area (Å²) in [6.07, 6.45) is 0.419. The Hall–Kier alpha value is -3.29. The Labute approximate surface area is 156 Å². The van der Waals surface area contributed by atoms with Gasteiger partial charge < -0.3 is 24.5 Å². The van der Waals surface area contributed by atoms with Gasteiger partial charge in [0.05, 0.1) is 14.2 Å². The number of benzene rings is 1. The zero-order chi connectivity index (χ0) is 20.0. The van der Waals surface area contributed by atoms with Gasteiger partial charge in [0.2, 0.25) is 0 Å². The van der Waals surface area contributed by atoms with Crippen molar-refractivity contribution < 1.29 is 28.6 Å². The van der Waals surface area contributed by atoms with Gasteiger partial charge in [-0.25, -0.2) is 4.79 Å². The number of Topliss-reactive ketones (excluding diaryl/α,β-unsaturated/α-hetero) is 1. The molecule has 144 valence electrons. The van der Waals surface area contributed by atoms with Crippen LogP contribution in [-0.2, 0) is 16.1 Å². The summed E-state index contributed by atoms with van der Waals surface area (Å²) < 4.78 is 15.5. The second kappa shape index (κ2) is 8.88. The molecule has 1 amide bonds. The molecule has 0 saturated carbocycles. The highest BCUT2D eigenvalue weighted by Crippen LogP contribution is 2.27. The molecule has 1 aromatic heterocycles. The van der Waals surface area contributed by atoms with Crippen molar-refractivity contribution >= 4 is 17.7 Å². The van der Waals surface area contributed by atoms with E-state index in [4.69, 9.17) is 14.2 Å². The Kier molecular flexibility index (Phi) is 6.59. The summed E-state index contributed by atoms with van der Waals surface area (Å²) in [6, 6.07) is 6.67. The minimum Gasteiger partial charge on any atom is -0.493 e. The van der Waals surface area contributed by atoms with Crippen molar-refractivity contribution in [2.24, 2.45) is 0 Å². The Morgan fingerprint density at radius 3 is 2.41 bits per heavy atom. The Balaban J connectivity index is 1.91. The number of methoxy groups -OCH3 is 2. The van der Waals surface area contributed by atoms with E-state index in [1.807, 2.05) is 0 Å². The molecule has 0 radical (unpaired) electrons. The second-order valence-electron chi connectivity index (χ2n) is 5.81. The number of carbonyl (C=O) groups excluding carboxylic acids is 3. The van der Waals surface area contributed by atoms with E-state index < -0.39 is 18.0 Å². The highest BCUT2D eigenvalue weighted by Gasteiger charge is 2.20. The zero-order valence-corrected chi connectivity index (χ0v) is 15.6. The summed E-state index contributed by atoms with van der Waals surface area (Å²) in [4.78, 5) is 38.1. The SMILES string of the molecule is COc1ccc(CNC(=O)[C@H](C)OC(=O)c2cc(C(C)=O)c[nH]2)cc1OC. The van der Waals surface area contributed by atoms with Gasteiger partial charge in [0, 0.05) is 18.3 Å². The molecular weight excluding hydrogens is 352 g/mol. The molecule has 1 aromatic carbocycles. The first-order valence-corrected chi connectivity index (χ1v) is 8.24. The molecule has 1 atom stereocenters. The molecule has 8 heteroatoms. The number of aromatic amines is 1. The summed E-state index contributed by atoms with van der Waals surface area (Å²) in [7, 11) is 3.07. The number of amides is 1. The molecule has 0 saturated heterocycles. The number of nitrogens with one attached hydrogen (secondary N) is 2. The third-order valence-corrected chi connectivity index (χ3v) is 3.88. The number of esters is 1. The standard InChI is InChI=1S/C19H22N2O6/c1-11(22)14-8-15(20-10-14)19(24)27-12(2)18(23)21-9-13-5-6-16(25-3)17(7-13)26-4/h5-8,10,12,20H,9H2,1-4H3,(H,21,23)/t12-/m0/s1. The summed E-state index contributed by atoms with van der Waals surface area (Å²) in [5.41, 5.74) is 1.28. The van der Waals surface area contributed by atoms with Crippen LogP contribution in [0.15, 0.2) is 30.5 Å². The van der Waals surface area contributed by atoms with E-state index in [1.54, 1.807) is 25.3 Å². The van der Waals surface area contributed by atoms with Gasteiger partial charge in [-0.15, -0.1) is 0 Å². The van der Waals surface area contributed by atoms with E-state index in [2.05, 4.69) is 10.3 Å². The monoisotopic (exact) mass is 374 g/mol. The fraction of sp³-hybridized carbons (Fsp3) is 0.316. The average Bonchev–Trinajstić information content (AvgIpc) is 3.16. The quantitative estimate of drug-likeness (QED) is 0.541. The molecule has 2 N–H and O–H groups in total. The van der Waals surface area contributed by atoms with E-state index in [-0.39, 0.29) is 18.0 Å². The highest BCUT2D eigenvalue weighted by molar-refractivity contribution is 5.98. The van der Waals surface area contributed by atoms with Crippen LogP contribution in [-0.4, -0.2) is 43.0 Å². The minimum atomic E-state index is -0.998. The van der Waals surface area contributed by atoms with Crippen LogP contribution in [0.1, 0.15) is 40.3 Å². The molecule has 1 heterocycles. The number of ether oxygens (including phenoxy) is 3. The largest absolute Gasteiger partial charge is 0.493 e. The first-order chi connectivity index (χ1) is 12.8. The maximum Gasteiger partial charge on any atom is 0.355 e. The van der Waals surface area contributed by atoms with Crippen LogP contribution in [0.4, 0.5) is 0 Å². The van der Waals surface area contributed by atoms with E-state index in [0.717, 1.165) is 5.56 Å². The first kappa shape index (κ1) is 20.0. The third-order valence-electron chi connectivity index (χ3n) is 3.88.